The summed E-state index contributed by atoms with van der Waals surface area (Å²) in [7, 11) is -0.727. The molecule has 0 saturated carbocycles. The summed E-state index contributed by atoms with van der Waals surface area (Å²) in [5.41, 5.74) is 3.45. The van der Waals surface area contributed by atoms with Gasteiger partial charge in [-0.3, -0.25) is 0 Å². The normalized spacial score (nSPS) is 18.7. The molecular weight excluding hydrogens is 303 g/mol. The second kappa shape index (κ2) is 9.07. The molecular formula is C19H27BO4. The van der Waals surface area contributed by atoms with Gasteiger partial charge in [0, 0.05) is 6.32 Å². The summed E-state index contributed by atoms with van der Waals surface area (Å²) < 4.78 is 11.3. The Labute approximate surface area is 144 Å². The van der Waals surface area contributed by atoms with Crippen molar-refractivity contribution >= 4 is 13.2 Å². The first-order valence-corrected chi connectivity index (χ1v) is 8.68. The maximum atomic E-state index is 9.79. The van der Waals surface area contributed by atoms with Crippen LogP contribution in [0.25, 0.3) is 6.08 Å². The predicted octanol–water partition coefficient (Wildman–Crippen LogP) is 4.12. The van der Waals surface area contributed by atoms with Gasteiger partial charge in [-0.1, -0.05) is 37.6 Å². The third-order valence-corrected chi connectivity index (χ3v) is 4.41. The fraction of sp³-hybridized carbons (Fsp3) is 0.474. The summed E-state index contributed by atoms with van der Waals surface area (Å²) >= 11 is 0. The van der Waals surface area contributed by atoms with Gasteiger partial charge in [-0.05, 0) is 49.5 Å². The predicted molar refractivity (Wildman–Crippen MR) is 97.3 cm³/mol. The zero-order valence-corrected chi connectivity index (χ0v) is 14.6. The van der Waals surface area contributed by atoms with Gasteiger partial charge >= 0.3 is 7.12 Å². The lowest BCUT2D eigenvalue weighted by Gasteiger charge is -2.28. The monoisotopic (exact) mass is 330 g/mol. The summed E-state index contributed by atoms with van der Waals surface area (Å²) in [4.78, 5) is 0. The Kier molecular flexibility index (Phi) is 7.09. The minimum atomic E-state index is -0.727. The third-order valence-electron chi connectivity index (χ3n) is 4.41. The largest absolute Gasteiger partial charge is 0.459 e. The fourth-order valence-corrected chi connectivity index (χ4v) is 2.90. The van der Waals surface area contributed by atoms with E-state index >= 15 is 0 Å². The number of rotatable bonds is 8. The highest BCUT2D eigenvalue weighted by molar-refractivity contribution is 6.43. The average molecular weight is 330 g/mol. The molecule has 0 spiro atoms. The van der Waals surface area contributed by atoms with E-state index in [0.717, 1.165) is 42.6 Å². The quantitative estimate of drug-likeness (QED) is 0.704. The van der Waals surface area contributed by atoms with Gasteiger partial charge in [-0.2, -0.15) is 0 Å². The molecule has 0 fully saturated rings. The summed E-state index contributed by atoms with van der Waals surface area (Å²) in [5, 5.41) is 18.9. The van der Waals surface area contributed by atoms with Crippen LogP contribution >= 0.6 is 0 Å². The SMILES string of the molecule is C=C(CC)C1=CCB(O)OC1CC/C(=C/c1ccc(CO)o1)CC. The van der Waals surface area contributed by atoms with Crippen molar-refractivity contribution in [1.29, 1.82) is 0 Å². The van der Waals surface area contributed by atoms with Crippen molar-refractivity contribution < 1.29 is 19.2 Å². The van der Waals surface area contributed by atoms with E-state index in [2.05, 4.69) is 26.5 Å². The molecule has 24 heavy (non-hydrogen) atoms. The van der Waals surface area contributed by atoms with Crippen molar-refractivity contribution in [2.75, 3.05) is 0 Å². The van der Waals surface area contributed by atoms with Crippen molar-refractivity contribution in [3.05, 3.63) is 53.0 Å². The third kappa shape index (κ3) is 4.97. The summed E-state index contributed by atoms with van der Waals surface area (Å²) in [6, 6.07) is 3.65. The van der Waals surface area contributed by atoms with E-state index in [0.29, 0.717) is 12.1 Å². The molecule has 1 aromatic heterocycles. The molecule has 2 N–H and O–H groups in total. The standard InChI is InChI=1S/C19H27BO4/c1-4-14(3)18-10-11-20(22)24-19(18)9-6-15(5-2)12-16-7-8-17(13-21)23-16/h7-8,10,12,19,21-22H,3-6,9,11,13H2,1-2H3/b15-12+. The first-order valence-electron chi connectivity index (χ1n) is 8.68. The van der Waals surface area contributed by atoms with Crippen LogP contribution in [0.3, 0.4) is 0 Å². The Morgan fingerprint density at radius 3 is 2.79 bits per heavy atom. The number of hydrogen-bond donors (Lipinski definition) is 2. The van der Waals surface area contributed by atoms with E-state index < -0.39 is 7.12 Å². The van der Waals surface area contributed by atoms with E-state index in [1.165, 1.54) is 5.57 Å². The number of aliphatic hydroxyl groups is 1. The van der Waals surface area contributed by atoms with Gasteiger partial charge in [-0.15, -0.1) is 0 Å². The van der Waals surface area contributed by atoms with Gasteiger partial charge < -0.3 is 19.2 Å². The molecule has 0 saturated heterocycles. The smallest absolute Gasteiger partial charge is 0.458 e. The van der Waals surface area contributed by atoms with E-state index in [9.17, 15) is 5.02 Å². The van der Waals surface area contributed by atoms with Crippen molar-refractivity contribution in [3.8, 4) is 0 Å². The number of allylic oxidation sites excluding steroid dienone is 2. The van der Waals surface area contributed by atoms with Crippen LogP contribution in [0.15, 0.2) is 45.9 Å². The molecule has 1 aromatic rings. The fourth-order valence-electron chi connectivity index (χ4n) is 2.90. The molecule has 2 rings (SSSR count). The van der Waals surface area contributed by atoms with Crippen LogP contribution in [0.1, 0.15) is 51.1 Å². The van der Waals surface area contributed by atoms with Gasteiger partial charge in [0.05, 0.1) is 6.10 Å². The minimum Gasteiger partial charge on any atom is -0.459 e. The van der Waals surface area contributed by atoms with Crippen LogP contribution in [0.2, 0.25) is 6.32 Å². The van der Waals surface area contributed by atoms with E-state index in [-0.39, 0.29) is 12.7 Å². The molecule has 2 heterocycles. The second-order valence-corrected chi connectivity index (χ2v) is 6.09. The minimum absolute atomic E-state index is 0.0869. The zero-order chi connectivity index (χ0) is 17.5. The topological polar surface area (TPSA) is 62.8 Å². The zero-order valence-electron chi connectivity index (χ0n) is 14.6. The van der Waals surface area contributed by atoms with Crippen LogP contribution in [0, 0.1) is 0 Å². The molecule has 0 radical (unpaired) electrons. The molecule has 4 nitrogen and oxygen atoms in total. The van der Waals surface area contributed by atoms with Gasteiger partial charge in [0.2, 0.25) is 0 Å². The van der Waals surface area contributed by atoms with E-state index in [1.807, 2.05) is 12.1 Å². The molecule has 0 amide bonds. The van der Waals surface area contributed by atoms with Crippen molar-refractivity contribution in [2.45, 2.75) is 58.6 Å². The lowest BCUT2D eigenvalue weighted by atomic mass is 9.77. The maximum absolute atomic E-state index is 9.79. The average Bonchev–Trinajstić information content (AvgIpc) is 3.05. The Morgan fingerprint density at radius 1 is 1.38 bits per heavy atom. The maximum Gasteiger partial charge on any atom is 0.458 e. The second-order valence-electron chi connectivity index (χ2n) is 6.09. The first-order chi connectivity index (χ1) is 11.6. The Bertz CT molecular complexity index is 615. The van der Waals surface area contributed by atoms with Gasteiger partial charge in [0.25, 0.3) is 0 Å². The van der Waals surface area contributed by atoms with Crippen LogP contribution < -0.4 is 0 Å². The molecule has 0 aliphatic carbocycles. The first kappa shape index (κ1) is 18.8. The van der Waals surface area contributed by atoms with E-state index in [4.69, 9.17) is 14.2 Å². The van der Waals surface area contributed by atoms with Crippen LogP contribution in [0.5, 0.6) is 0 Å². The molecule has 1 aliphatic heterocycles. The molecule has 130 valence electrons. The number of hydrogen-bond acceptors (Lipinski definition) is 4. The lowest BCUT2D eigenvalue weighted by molar-refractivity contribution is 0.183. The lowest BCUT2D eigenvalue weighted by Crippen LogP contribution is -2.31. The van der Waals surface area contributed by atoms with Crippen molar-refractivity contribution in [1.82, 2.24) is 0 Å². The highest BCUT2D eigenvalue weighted by atomic mass is 16.5. The van der Waals surface area contributed by atoms with Crippen LogP contribution in [-0.2, 0) is 11.3 Å². The Balaban J connectivity index is 2.04. The van der Waals surface area contributed by atoms with Crippen LogP contribution in [-0.4, -0.2) is 23.4 Å². The highest BCUT2D eigenvalue weighted by Crippen LogP contribution is 2.29. The number of aliphatic hydroxyl groups excluding tert-OH is 1. The Morgan fingerprint density at radius 2 is 2.17 bits per heavy atom. The van der Waals surface area contributed by atoms with Gasteiger partial charge in [-0.25, -0.2) is 0 Å². The molecule has 0 bridgehead atoms. The summed E-state index contributed by atoms with van der Waals surface area (Å²) in [5.74, 6) is 1.33. The van der Waals surface area contributed by atoms with E-state index in [1.54, 1.807) is 6.07 Å². The molecule has 1 aliphatic rings. The van der Waals surface area contributed by atoms with Crippen LogP contribution in [0.4, 0.5) is 0 Å². The van der Waals surface area contributed by atoms with Gasteiger partial charge in [0.15, 0.2) is 0 Å². The van der Waals surface area contributed by atoms with Crippen molar-refractivity contribution in [3.63, 3.8) is 0 Å². The molecule has 1 unspecified atom stereocenters. The summed E-state index contributed by atoms with van der Waals surface area (Å²) in [6.07, 6.45) is 7.95. The molecule has 1 atom stereocenters. The Hall–Kier alpha value is -1.56. The molecule has 5 heteroatoms. The number of furan rings is 1. The van der Waals surface area contributed by atoms with Crippen molar-refractivity contribution in [2.24, 2.45) is 0 Å². The summed E-state index contributed by atoms with van der Waals surface area (Å²) in [6.45, 7) is 8.22. The highest BCUT2D eigenvalue weighted by Gasteiger charge is 2.27. The van der Waals surface area contributed by atoms with Gasteiger partial charge in [0.1, 0.15) is 18.1 Å². The molecule has 0 aromatic carbocycles.